The Morgan fingerprint density at radius 3 is 1.03 bits per heavy atom. The van der Waals surface area contributed by atoms with Crippen LogP contribution in [0.5, 0.6) is 11.5 Å². The van der Waals surface area contributed by atoms with E-state index in [2.05, 4.69) is 38.2 Å². The first-order chi connectivity index (χ1) is 29.9. The smallest absolute Gasteiger partial charge is 0.305 e. The van der Waals surface area contributed by atoms with Gasteiger partial charge in [-0.15, -0.1) is 0 Å². The molecule has 9 heteroatoms. The van der Waals surface area contributed by atoms with Gasteiger partial charge in [0, 0.05) is 12.8 Å². The van der Waals surface area contributed by atoms with Crippen LogP contribution in [0, 0.1) is 0 Å². The van der Waals surface area contributed by atoms with Gasteiger partial charge in [-0.05, 0) is 99.9 Å². The quantitative estimate of drug-likeness (QED) is 0.0370. The molecule has 0 fully saturated rings. The molecule has 0 aromatic heterocycles. The Labute approximate surface area is 371 Å². The Balaban J connectivity index is 1.49. The number of sulfone groups is 1. The maximum atomic E-state index is 13.2. The van der Waals surface area contributed by atoms with E-state index in [0.717, 1.165) is 38.5 Å². The van der Waals surface area contributed by atoms with E-state index in [1.165, 1.54) is 153 Å². The minimum atomic E-state index is -3.76. The van der Waals surface area contributed by atoms with Crippen LogP contribution in [-0.2, 0) is 28.9 Å². The second kappa shape index (κ2) is 37.0. The lowest BCUT2D eigenvalue weighted by Crippen LogP contribution is -2.12. The number of carbonyl (C=O) groups is 2. The Morgan fingerprint density at radius 2 is 0.705 bits per heavy atom. The minimum Gasteiger partial charge on any atom is -0.490 e. The highest BCUT2D eigenvalue weighted by molar-refractivity contribution is 7.91. The minimum absolute atomic E-state index is 0.127. The molecular weight excluding hydrogens is 785 g/mol. The number of unbranched alkanes of at least 4 members (excludes halogenated alkanes) is 22. The molecule has 2 rings (SSSR count). The highest BCUT2D eigenvalue weighted by atomic mass is 32.2. The van der Waals surface area contributed by atoms with Gasteiger partial charge in [0.15, 0.2) is 0 Å². The Kier molecular flexibility index (Phi) is 32.5. The van der Waals surface area contributed by atoms with E-state index in [4.69, 9.17) is 18.9 Å². The highest BCUT2D eigenvalue weighted by Gasteiger charge is 2.18. The standard InChI is InChI=1S/C52H82O8S/c1-3-5-7-9-11-13-15-17-19-21-23-25-27-29-31-33-51(53)59-45-43-57-47-35-39-49(40-36-47)61(55,56)50-41-37-48(38-42-50)58-44-46-60-52(54)34-32-30-28-26-24-22-20-18-16-14-12-10-8-6-4-2/h25-28,35-42H,3-24,29-34,43-46H2,1-2H3/b27-25+,28-26+. The number of hydrogen-bond donors (Lipinski definition) is 0. The van der Waals surface area contributed by atoms with Gasteiger partial charge in [-0.3, -0.25) is 9.59 Å². The predicted molar refractivity (Wildman–Crippen MR) is 250 cm³/mol. The van der Waals surface area contributed by atoms with Crippen LogP contribution in [0.4, 0.5) is 0 Å². The number of ether oxygens (including phenoxy) is 4. The van der Waals surface area contributed by atoms with Gasteiger partial charge in [-0.1, -0.05) is 154 Å². The van der Waals surface area contributed by atoms with E-state index >= 15 is 0 Å². The summed E-state index contributed by atoms with van der Waals surface area (Å²) in [5.74, 6) is 0.482. The summed E-state index contributed by atoms with van der Waals surface area (Å²) >= 11 is 0. The lowest BCUT2D eigenvalue weighted by Gasteiger charge is -2.10. The molecule has 0 amide bonds. The van der Waals surface area contributed by atoms with Crippen LogP contribution in [0.15, 0.2) is 82.6 Å². The molecular formula is C52H82O8S. The first-order valence-corrected chi connectivity index (χ1v) is 25.7. The molecule has 8 nitrogen and oxygen atoms in total. The van der Waals surface area contributed by atoms with Crippen LogP contribution in [0.2, 0.25) is 0 Å². The molecule has 344 valence electrons. The van der Waals surface area contributed by atoms with Crippen molar-refractivity contribution >= 4 is 21.8 Å². The van der Waals surface area contributed by atoms with E-state index in [0.29, 0.717) is 24.3 Å². The molecule has 2 aromatic carbocycles. The molecule has 0 saturated heterocycles. The van der Waals surface area contributed by atoms with Crippen LogP contribution < -0.4 is 9.47 Å². The van der Waals surface area contributed by atoms with Crippen LogP contribution in [0.1, 0.15) is 194 Å². The van der Waals surface area contributed by atoms with Crippen molar-refractivity contribution in [1.82, 2.24) is 0 Å². The second-order valence-corrected chi connectivity index (χ2v) is 18.2. The second-order valence-electron chi connectivity index (χ2n) is 16.3. The molecule has 61 heavy (non-hydrogen) atoms. The monoisotopic (exact) mass is 867 g/mol. The average molecular weight is 867 g/mol. The van der Waals surface area contributed by atoms with Gasteiger partial charge < -0.3 is 18.9 Å². The molecule has 0 spiro atoms. The molecule has 0 saturated carbocycles. The highest BCUT2D eigenvalue weighted by Crippen LogP contribution is 2.25. The molecule has 0 N–H and O–H groups in total. The summed E-state index contributed by atoms with van der Waals surface area (Å²) < 4.78 is 48.4. The number of carbonyl (C=O) groups excluding carboxylic acids is 2. The Bertz CT molecular complexity index is 1420. The summed E-state index contributed by atoms with van der Waals surface area (Å²) in [6, 6.07) is 12.3. The third-order valence-electron chi connectivity index (χ3n) is 10.8. The number of rotatable bonds is 40. The van der Waals surface area contributed by atoms with E-state index in [-0.39, 0.29) is 48.2 Å². The van der Waals surface area contributed by atoms with E-state index in [1.54, 1.807) is 24.3 Å². The largest absolute Gasteiger partial charge is 0.490 e. The van der Waals surface area contributed by atoms with Crippen LogP contribution >= 0.6 is 0 Å². The Hall–Kier alpha value is -3.59. The third kappa shape index (κ3) is 28.6. The SMILES string of the molecule is CCCCCCCCCCCC/C=C/CCCC(=O)OCCOc1ccc(S(=O)(=O)c2ccc(OCCOC(=O)CCC/C=C/CCCCCCCCCCCC)cc2)cc1. The van der Waals surface area contributed by atoms with Crippen molar-refractivity contribution in [1.29, 1.82) is 0 Å². The molecule has 0 atom stereocenters. The molecule has 0 aliphatic carbocycles. The number of benzene rings is 2. The lowest BCUT2D eigenvalue weighted by molar-refractivity contribution is -0.145. The lowest BCUT2D eigenvalue weighted by atomic mass is 10.1. The zero-order valence-corrected chi connectivity index (χ0v) is 39.0. The Morgan fingerprint density at radius 1 is 0.410 bits per heavy atom. The summed E-state index contributed by atoms with van der Waals surface area (Å²) in [5, 5.41) is 0. The normalized spacial score (nSPS) is 11.7. The number of allylic oxidation sites excluding steroid dienone is 4. The topological polar surface area (TPSA) is 105 Å². The molecule has 0 heterocycles. The van der Waals surface area contributed by atoms with Crippen molar-refractivity contribution < 1.29 is 37.0 Å². The first-order valence-electron chi connectivity index (χ1n) is 24.2. The molecule has 0 radical (unpaired) electrons. The van der Waals surface area contributed by atoms with Gasteiger partial charge in [0.25, 0.3) is 0 Å². The molecule has 0 aliphatic rings. The summed E-state index contributed by atoms with van der Waals surface area (Å²) in [4.78, 5) is 24.5. The van der Waals surface area contributed by atoms with Gasteiger partial charge >= 0.3 is 11.9 Å². The average Bonchev–Trinajstić information content (AvgIpc) is 3.27. The molecule has 0 aliphatic heterocycles. The van der Waals surface area contributed by atoms with Crippen molar-refractivity contribution in [3.05, 3.63) is 72.8 Å². The van der Waals surface area contributed by atoms with E-state index < -0.39 is 9.84 Å². The molecule has 0 unspecified atom stereocenters. The zero-order valence-electron chi connectivity index (χ0n) is 38.2. The summed E-state index contributed by atoms with van der Waals surface area (Å²) in [6.45, 7) is 5.12. The van der Waals surface area contributed by atoms with Crippen LogP contribution in [0.3, 0.4) is 0 Å². The fourth-order valence-electron chi connectivity index (χ4n) is 7.04. The van der Waals surface area contributed by atoms with Crippen molar-refractivity contribution in [2.24, 2.45) is 0 Å². The van der Waals surface area contributed by atoms with Gasteiger partial charge in [0.2, 0.25) is 9.84 Å². The van der Waals surface area contributed by atoms with Gasteiger partial charge in [0.05, 0.1) is 9.79 Å². The van der Waals surface area contributed by atoms with Crippen molar-refractivity contribution in [3.63, 3.8) is 0 Å². The van der Waals surface area contributed by atoms with Crippen LogP contribution in [-0.4, -0.2) is 46.8 Å². The number of esters is 2. The maximum absolute atomic E-state index is 13.2. The van der Waals surface area contributed by atoms with E-state index in [1.807, 2.05) is 0 Å². The van der Waals surface area contributed by atoms with Gasteiger partial charge in [-0.2, -0.15) is 0 Å². The molecule has 0 bridgehead atoms. The van der Waals surface area contributed by atoms with Crippen LogP contribution in [0.25, 0.3) is 0 Å². The van der Waals surface area contributed by atoms with Gasteiger partial charge in [-0.25, -0.2) is 8.42 Å². The predicted octanol–water partition coefficient (Wildman–Crippen LogP) is 14.4. The fourth-order valence-corrected chi connectivity index (χ4v) is 8.30. The summed E-state index contributed by atoms with van der Waals surface area (Å²) in [6.07, 6.45) is 41.9. The first kappa shape index (κ1) is 53.5. The molecule has 2 aromatic rings. The van der Waals surface area contributed by atoms with E-state index in [9.17, 15) is 18.0 Å². The maximum Gasteiger partial charge on any atom is 0.305 e. The van der Waals surface area contributed by atoms with Crippen molar-refractivity contribution in [2.75, 3.05) is 26.4 Å². The van der Waals surface area contributed by atoms with Crippen molar-refractivity contribution in [3.8, 4) is 11.5 Å². The fraction of sp³-hybridized carbons (Fsp3) is 0.654. The third-order valence-corrected chi connectivity index (χ3v) is 12.6. The van der Waals surface area contributed by atoms with Crippen molar-refractivity contribution in [2.45, 2.75) is 203 Å². The summed E-state index contributed by atoms with van der Waals surface area (Å²) in [5.41, 5.74) is 0. The zero-order chi connectivity index (χ0) is 43.9. The van der Waals surface area contributed by atoms with Gasteiger partial charge in [0.1, 0.15) is 37.9 Å². The summed E-state index contributed by atoms with van der Waals surface area (Å²) in [7, 11) is -3.76. The number of hydrogen-bond acceptors (Lipinski definition) is 8.